The SMILES string of the molecule is CC(C)C1=C(C(=O)N2CCC[C@@H]2C(=O)N2C[C@@H](O)[C@@H](O)C2)SC2=N[C@@](C)(c3ccc(Cl)cc3)[C@@H](c3ccc(Cl)cc3)N21. The highest BCUT2D eigenvalue weighted by Crippen LogP contribution is 2.56. The third kappa shape index (κ3) is 4.93. The van der Waals surface area contributed by atoms with Gasteiger partial charge in [-0.3, -0.25) is 9.59 Å². The summed E-state index contributed by atoms with van der Waals surface area (Å²) in [6.07, 6.45) is -0.673. The van der Waals surface area contributed by atoms with Crippen LogP contribution < -0.4 is 0 Å². The highest BCUT2D eigenvalue weighted by molar-refractivity contribution is 8.18. The molecule has 0 unspecified atom stereocenters. The van der Waals surface area contributed by atoms with Crippen molar-refractivity contribution in [2.45, 2.75) is 63.4 Å². The Morgan fingerprint density at radius 2 is 1.60 bits per heavy atom. The van der Waals surface area contributed by atoms with E-state index in [4.69, 9.17) is 28.2 Å². The molecule has 8 nitrogen and oxygen atoms in total. The topological polar surface area (TPSA) is 96.7 Å². The Kier molecular flexibility index (Phi) is 7.85. The predicted molar refractivity (Wildman–Crippen MR) is 165 cm³/mol. The van der Waals surface area contributed by atoms with Crippen LogP contribution in [0.25, 0.3) is 0 Å². The minimum absolute atomic E-state index is 0.00727. The molecule has 2 N–H and O–H groups in total. The van der Waals surface area contributed by atoms with Gasteiger partial charge in [0, 0.05) is 35.4 Å². The molecule has 0 saturated carbocycles. The van der Waals surface area contributed by atoms with Crippen LogP contribution >= 0.6 is 35.0 Å². The van der Waals surface area contributed by atoms with E-state index in [0.717, 1.165) is 22.0 Å². The number of rotatable bonds is 5. The zero-order valence-electron chi connectivity index (χ0n) is 23.7. The summed E-state index contributed by atoms with van der Waals surface area (Å²) in [5, 5.41) is 22.0. The van der Waals surface area contributed by atoms with Gasteiger partial charge in [-0.15, -0.1) is 0 Å². The van der Waals surface area contributed by atoms with Gasteiger partial charge in [-0.25, -0.2) is 4.99 Å². The largest absolute Gasteiger partial charge is 0.388 e. The van der Waals surface area contributed by atoms with Crippen LogP contribution in [0.15, 0.2) is 64.1 Å². The Morgan fingerprint density at radius 3 is 2.19 bits per heavy atom. The number of aliphatic hydroxyl groups excluding tert-OH is 2. The maximum Gasteiger partial charge on any atom is 0.263 e. The molecule has 4 heterocycles. The van der Waals surface area contributed by atoms with Crippen LogP contribution in [0.1, 0.15) is 50.8 Å². The Hall–Kier alpha value is -2.56. The normalized spacial score (nSPS) is 29.1. The second-order valence-electron chi connectivity index (χ2n) is 11.9. The Labute approximate surface area is 260 Å². The monoisotopic (exact) mass is 628 g/mol. The van der Waals surface area contributed by atoms with Crippen LogP contribution in [0.4, 0.5) is 0 Å². The third-order valence-corrected chi connectivity index (χ3v) is 10.3. The molecule has 2 amide bonds. The number of likely N-dealkylation sites (tertiary alicyclic amines) is 2. The Bertz CT molecular complexity index is 1450. The summed E-state index contributed by atoms with van der Waals surface area (Å²) < 4.78 is 0. The van der Waals surface area contributed by atoms with Crippen molar-refractivity contribution in [2.24, 2.45) is 10.9 Å². The molecule has 0 radical (unpaired) electrons. The lowest BCUT2D eigenvalue weighted by atomic mass is 9.81. The van der Waals surface area contributed by atoms with Gasteiger partial charge in [-0.2, -0.15) is 0 Å². The van der Waals surface area contributed by atoms with Gasteiger partial charge in [-0.1, -0.05) is 61.3 Å². The molecule has 4 aliphatic heterocycles. The smallest absolute Gasteiger partial charge is 0.263 e. The summed E-state index contributed by atoms with van der Waals surface area (Å²) in [5.41, 5.74) is 2.24. The fraction of sp³-hybridized carbons (Fsp3) is 0.452. The minimum atomic E-state index is -0.968. The fourth-order valence-electron chi connectivity index (χ4n) is 6.62. The van der Waals surface area contributed by atoms with Crippen molar-refractivity contribution in [1.82, 2.24) is 14.7 Å². The molecule has 11 heteroatoms. The molecule has 2 fully saturated rings. The molecule has 2 aromatic carbocycles. The first kappa shape index (κ1) is 29.5. The molecule has 2 aromatic rings. The predicted octanol–water partition coefficient (Wildman–Crippen LogP) is 4.79. The molecular formula is C31H34Cl2N4O4S. The van der Waals surface area contributed by atoms with Gasteiger partial charge in [0.05, 0.1) is 18.2 Å². The summed E-state index contributed by atoms with van der Waals surface area (Å²) in [5.74, 6) is -0.412. The number of carbonyl (C=O) groups is 2. The first-order chi connectivity index (χ1) is 20.0. The molecule has 222 valence electrons. The molecule has 6 rings (SSSR count). The number of carbonyl (C=O) groups excluding carboxylic acids is 2. The van der Waals surface area contributed by atoms with Crippen LogP contribution in [0.3, 0.4) is 0 Å². The van der Waals surface area contributed by atoms with E-state index in [-0.39, 0.29) is 36.9 Å². The van der Waals surface area contributed by atoms with E-state index in [9.17, 15) is 19.8 Å². The van der Waals surface area contributed by atoms with Gasteiger partial charge < -0.3 is 24.9 Å². The zero-order valence-corrected chi connectivity index (χ0v) is 26.0. The average molecular weight is 630 g/mol. The summed E-state index contributed by atoms with van der Waals surface area (Å²) in [6.45, 7) is 6.87. The fourth-order valence-corrected chi connectivity index (χ4v) is 8.24. The molecule has 5 atom stereocenters. The number of halogens is 2. The number of benzene rings is 2. The first-order valence-electron chi connectivity index (χ1n) is 14.3. The van der Waals surface area contributed by atoms with Crippen molar-refractivity contribution >= 4 is 51.9 Å². The van der Waals surface area contributed by atoms with E-state index in [0.29, 0.717) is 34.3 Å². The number of amides is 2. The van der Waals surface area contributed by atoms with Crippen molar-refractivity contribution in [3.63, 3.8) is 0 Å². The molecular weight excluding hydrogens is 595 g/mol. The van der Waals surface area contributed by atoms with Gasteiger partial charge in [0.2, 0.25) is 5.91 Å². The number of thioether (sulfide) groups is 1. The van der Waals surface area contributed by atoms with Crippen LogP contribution in [-0.2, 0) is 15.1 Å². The van der Waals surface area contributed by atoms with E-state index in [1.165, 1.54) is 16.7 Å². The highest BCUT2D eigenvalue weighted by atomic mass is 35.5. The van der Waals surface area contributed by atoms with E-state index in [2.05, 4.69) is 25.7 Å². The van der Waals surface area contributed by atoms with Gasteiger partial charge in [-0.05, 0) is 72.8 Å². The number of amidine groups is 1. The van der Waals surface area contributed by atoms with Crippen LogP contribution in [0.5, 0.6) is 0 Å². The number of β-amino-alcohol motifs (C(OH)–C–C–N with tert-alkyl or cyclic N) is 2. The second kappa shape index (κ2) is 11.2. The van der Waals surface area contributed by atoms with Crippen LogP contribution in [-0.4, -0.2) is 79.8 Å². The van der Waals surface area contributed by atoms with Crippen molar-refractivity contribution in [3.8, 4) is 0 Å². The van der Waals surface area contributed by atoms with E-state index >= 15 is 0 Å². The molecule has 0 aliphatic carbocycles. The lowest BCUT2D eigenvalue weighted by molar-refractivity contribution is -0.141. The summed E-state index contributed by atoms with van der Waals surface area (Å²) in [4.78, 5) is 38.9. The van der Waals surface area contributed by atoms with Crippen molar-refractivity contribution in [1.29, 1.82) is 0 Å². The lowest BCUT2D eigenvalue weighted by Gasteiger charge is -2.37. The van der Waals surface area contributed by atoms with Gasteiger partial charge >= 0.3 is 0 Å². The molecule has 0 spiro atoms. The second-order valence-corrected chi connectivity index (χ2v) is 13.7. The number of hydrogen-bond acceptors (Lipinski definition) is 7. The molecule has 0 bridgehead atoms. The zero-order chi connectivity index (χ0) is 29.9. The van der Waals surface area contributed by atoms with Crippen LogP contribution in [0, 0.1) is 5.92 Å². The van der Waals surface area contributed by atoms with Gasteiger partial charge in [0.15, 0.2) is 5.17 Å². The lowest BCUT2D eigenvalue weighted by Crippen LogP contribution is -2.47. The van der Waals surface area contributed by atoms with Crippen LogP contribution in [0.2, 0.25) is 10.0 Å². The van der Waals surface area contributed by atoms with Crippen molar-refractivity contribution < 1.29 is 19.8 Å². The summed E-state index contributed by atoms with van der Waals surface area (Å²) in [6, 6.07) is 14.6. The van der Waals surface area contributed by atoms with E-state index < -0.39 is 23.8 Å². The summed E-state index contributed by atoms with van der Waals surface area (Å²) in [7, 11) is 0. The number of aliphatic imine (C=N–C) groups is 1. The van der Waals surface area contributed by atoms with Gasteiger partial charge in [0.1, 0.15) is 16.5 Å². The third-order valence-electron chi connectivity index (χ3n) is 8.74. The average Bonchev–Trinajstić information content (AvgIpc) is 3.71. The molecule has 42 heavy (non-hydrogen) atoms. The van der Waals surface area contributed by atoms with Crippen molar-refractivity contribution in [3.05, 3.63) is 80.3 Å². The number of fused-ring (bicyclic) bond motifs is 1. The van der Waals surface area contributed by atoms with Crippen molar-refractivity contribution in [2.75, 3.05) is 19.6 Å². The number of aliphatic hydroxyl groups is 2. The maximum atomic E-state index is 14.3. The first-order valence-corrected chi connectivity index (χ1v) is 15.9. The minimum Gasteiger partial charge on any atom is -0.388 e. The Balaban J connectivity index is 1.38. The number of hydrogen-bond donors (Lipinski definition) is 2. The quantitative estimate of drug-likeness (QED) is 0.494. The Morgan fingerprint density at radius 1 is 1.00 bits per heavy atom. The standard InChI is InChI=1S/C31H34Cl2N4O4S/c1-17(2)25-26(29(41)36-14-4-5-22(36)28(40)35-15-23(38)24(39)16-35)42-30-34-31(3,19-8-12-21(33)13-9-19)27(37(25)30)18-6-10-20(32)11-7-18/h6-13,17,22-24,27,38-39H,4-5,14-16H2,1-3H3/t22-,23-,24+,27-,31+/m1/s1. The maximum absolute atomic E-state index is 14.3. The molecule has 0 aromatic heterocycles. The van der Waals surface area contributed by atoms with E-state index in [1.807, 2.05) is 48.5 Å². The van der Waals surface area contributed by atoms with E-state index in [1.54, 1.807) is 4.90 Å². The van der Waals surface area contributed by atoms with Gasteiger partial charge in [0.25, 0.3) is 5.91 Å². The summed E-state index contributed by atoms with van der Waals surface area (Å²) >= 11 is 13.9. The number of nitrogens with zero attached hydrogens (tertiary/aromatic N) is 4. The molecule has 2 saturated heterocycles. The highest BCUT2D eigenvalue weighted by Gasteiger charge is 2.54. The molecule has 4 aliphatic rings. The number of allylic oxidation sites excluding steroid dienone is 1.